The zero-order chi connectivity index (χ0) is 39.2. The Labute approximate surface area is 333 Å². The molecular weight excluding hydrogens is 673 g/mol. The molecule has 0 amide bonds. The first-order valence-electron chi connectivity index (χ1n) is 23.1. The average molecular weight is 759 g/mol. The van der Waals surface area contributed by atoms with Crippen LogP contribution in [0.4, 0.5) is 0 Å². The zero-order valence-electron chi connectivity index (χ0n) is 35.6. The van der Waals surface area contributed by atoms with Crippen LogP contribution >= 0.6 is 0 Å². The van der Waals surface area contributed by atoms with Crippen LogP contribution in [0, 0.1) is 5.92 Å². The molecule has 0 bridgehead atoms. The van der Waals surface area contributed by atoms with E-state index in [1.54, 1.807) is 0 Å². The number of epoxide rings is 1. The molecule has 6 heteroatoms. The summed E-state index contributed by atoms with van der Waals surface area (Å²) in [5, 5.41) is 9.60. The van der Waals surface area contributed by atoms with E-state index in [4.69, 9.17) is 14.2 Å². The maximum absolute atomic E-state index is 12.2. The summed E-state index contributed by atoms with van der Waals surface area (Å²) in [4.78, 5) is 24.4. The van der Waals surface area contributed by atoms with Gasteiger partial charge in [-0.15, -0.1) is 0 Å². The highest BCUT2D eigenvalue weighted by Crippen LogP contribution is 2.29. The second kappa shape index (κ2) is 38.0. The molecule has 1 rings (SSSR count). The molecule has 314 valence electrons. The van der Waals surface area contributed by atoms with E-state index in [1.807, 2.05) is 0 Å². The summed E-state index contributed by atoms with van der Waals surface area (Å²) in [6.45, 7) is 6.47. The second-order valence-electron chi connectivity index (χ2n) is 16.1. The maximum atomic E-state index is 12.2. The standard InChI is InChI=1S/C48H86O6/c1-4-6-7-8-27-32-37-45-46(54-45)38-33-28-23-21-25-29-34-39-47(50)52-42-44(41-49)53-48(51)40-35-30-24-20-18-16-14-12-10-9-11-13-15-17-19-22-26-31-36-43(3)5-2/h21,25,27-28,32-33,43-46,49H,4-20,22-24,26,29-31,34-42H2,1-3H3/b25-21-,32-27-,33-28-/t43?,44-,45?,46?/m0/s1. The fourth-order valence-electron chi connectivity index (χ4n) is 6.86. The van der Waals surface area contributed by atoms with Crippen LogP contribution in [0.15, 0.2) is 36.5 Å². The van der Waals surface area contributed by atoms with E-state index in [1.165, 1.54) is 135 Å². The van der Waals surface area contributed by atoms with Gasteiger partial charge in [0.1, 0.15) is 6.61 Å². The zero-order valence-corrected chi connectivity index (χ0v) is 35.6. The monoisotopic (exact) mass is 759 g/mol. The van der Waals surface area contributed by atoms with Crippen LogP contribution in [0.3, 0.4) is 0 Å². The summed E-state index contributed by atoms with van der Waals surface area (Å²) in [5.41, 5.74) is 0. The lowest BCUT2D eigenvalue weighted by molar-refractivity contribution is -0.161. The van der Waals surface area contributed by atoms with Crippen LogP contribution < -0.4 is 0 Å². The third-order valence-electron chi connectivity index (χ3n) is 10.9. The van der Waals surface area contributed by atoms with Gasteiger partial charge in [0.15, 0.2) is 6.10 Å². The van der Waals surface area contributed by atoms with Crippen molar-refractivity contribution in [1.29, 1.82) is 0 Å². The largest absolute Gasteiger partial charge is 0.462 e. The van der Waals surface area contributed by atoms with Gasteiger partial charge >= 0.3 is 11.9 Å². The summed E-state index contributed by atoms with van der Waals surface area (Å²) in [7, 11) is 0. The fraction of sp³-hybridized carbons (Fsp3) is 0.833. The molecule has 0 aromatic rings. The second-order valence-corrected chi connectivity index (χ2v) is 16.1. The number of unbranched alkanes of at least 4 members (excludes halogenated alkanes) is 21. The first kappa shape index (κ1) is 50.1. The number of rotatable bonds is 40. The first-order chi connectivity index (χ1) is 26.5. The molecule has 1 heterocycles. The average Bonchev–Trinajstić information content (AvgIpc) is 3.93. The quantitative estimate of drug-likeness (QED) is 0.0290. The molecule has 0 saturated carbocycles. The van der Waals surface area contributed by atoms with Gasteiger partial charge < -0.3 is 19.3 Å². The summed E-state index contributed by atoms with van der Waals surface area (Å²) in [6.07, 6.45) is 49.6. The van der Waals surface area contributed by atoms with E-state index < -0.39 is 6.10 Å². The number of ether oxygens (including phenoxy) is 3. The Hall–Kier alpha value is -1.92. The molecule has 6 nitrogen and oxygen atoms in total. The SMILES string of the molecule is CCCCC/C=C\CC1OC1C/C=C\C/C=C\CCCC(=O)OC[C@H](CO)OC(=O)CCCCCCCCCCCCCCCCCCCCC(C)CC. The van der Waals surface area contributed by atoms with Gasteiger partial charge in [-0.3, -0.25) is 9.59 Å². The molecular formula is C48H86O6. The molecule has 1 aliphatic rings. The molecule has 1 aliphatic heterocycles. The van der Waals surface area contributed by atoms with Gasteiger partial charge in [-0.25, -0.2) is 0 Å². The molecule has 1 saturated heterocycles. The van der Waals surface area contributed by atoms with Gasteiger partial charge in [0, 0.05) is 12.8 Å². The van der Waals surface area contributed by atoms with Crippen LogP contribution in [-0.2, 0) is 23.8 Å². The predicted octanol–water partition coefficient (Wildman–Crippen LogP) is 13.6. The normalized spacial score (nSPS) is 16.8. The number of hydrogen-bond donors (Lipinski definition) is 1. The van der Waals surface area contributed by atoms with Crippen LogP contribution in [0.25, 0.3) is 0 Å². The maximum Gasteiger partial charge on any atom is 0.306 e. The number of esters is 2. The summed E-state index contributed by atoms with van der Waals surface area (Å²) < 4.78 is 16.4. The van der Waals surface area contributed by atoms with E-state index in [2.05, 4.69) is 57.2 Å². The van der Waals surface area contributed by atoms with Crippen molar-refractivity contribution in [3.05, 3.63) is 36.5 Å². The van der Waals surface area contributed by atoms with Crippen molar-refractivity contribution < 1.29 is 28.9 Å². The Morgan fingerprint density at radius 3 is 1.63 bits per heavy atom. The third kappa shape index (κ3) is 33.4. The molecule has 0 aliphatic carbocycles. The van der Waals surface area contributed by atoms with Crippen molar-refractivity contribution in [2.45, 2.75) is 238 Å². The van der Waals surface area contributed by atoms with Gasteiger partial charge in [-0.2, -0.15) is 0 Å². The van der Waals surface area contributed by atoms with Crippen LogP contribution in [0.2, 0.25) is 0 Å². The van der Waals surface area contributed by atoms with Crippen molar-refractivity contribution in [2.75, 3.05) is 13.2 Å². The van der Waals surface area contributed by atoms with E-state index in [9.17, 15) is 14.7 Å². The lowest BCUT2D eigenvalue weighted by atomic mass is 9.99. The topological polar surface area (TPSA) is 85.4 Å². The molecule has 0 aromatic heterocycles. The number of carbonyl (C=O) groups is 2. The lowest BCUT2D eigenvalue weighted by Crippen LogP contribution is -2.28. The van der Waals surface area contributed by atoms with Crippen molar-refractivity contribution in [2.24, 2.45) is 5.92 Å². The number of carbonyl (C=O) groups excluding carboxylic acids is 2. The van der Waals surface area contributed by atoms with E-state index >= 15 is 0 Å². The van der Waals surface area contributed by atoms with Crippen molar-refractivity contribution in [1.82, 2.24) is 0 Å². The lowest BCUT2D eigenvalue weighted by Gasteiger charge is -2.15. The Bertz CT molecular complexity index is 941. The first-order valence-corrected chi connectivity index (χ1v) is 23.1. The summed E-state index contributed by atoms with van der Waals surface area (Å²) in [5.74, 6) is 0.257. The molecule has 1 fully saturated rings. The minimum absolute atomic E-state index is 0.0959. The van der Waals surface area contributed by atoms with Crippen LogP contribution in [-0.4, -0.2) is 48.6 Å². The highest BCUT2D eigenvalue weighted by atomic mass is 16.6. The van der Waals surface area contributed by atoms with E-state index in [0.29, 0.717) is 31.5 Å². The summed E-state index contributed by atoms with van der Waals surface area (Å²) >= 11 is 0. The van der Waals surface area contributed by atoms with Crippen molar-refractivity contribution in [3.8, 4) is 0 Å². The Balaban J connectivity index is 1.87. The van der Waals surface area contributed by atoms with Crippen LogP contribution in [0.1, 0.15) is 220 Å². The Morgan fingerprint density at radius 2 is 1.07 bits per heavy atom. The van der Waals surface area contributed by atoms with Gasteiger partial charge in [0.25, 0.3) is 0 Å². The molecule has 0 radical (unpaired) electrons. The smallest absolute Gasteiger partial charge is 0.306 e. The van der Waals surface area contributed by atoms with Gasteiger partial charge in [-0.1, -0.05) is 192 Å². The van der Waals surface area contributed by atoms with E-state index in [-0.39, 0.29) is 25.2 Å². The molecule has 4 atom stereocenters. The Morgan fingerprint density at radius 1 is 0.593 bits per heavy atom. The summed E-state index contributed by atoms with van der Waals surface area (Å²) in [6, 6.07) is 0. The minimum Gasteiger partial charge on any atom is -0.462 e. The number of aliphatic hydroxyl groups excluding tert-OH is 1. The molecule has 54 heavy (non-hydrogen) atoms. The third-order valence-corrected chi connectivity index (χ3v) is 10.9. The number of aliphatic hydroxyl groups is 1. The Kier molecular flexibility index (Phi) is 35.2. The molecule has 1 N–H and O–H groups in total. The molecule has 3 unspecified atom stereocenters. The number of allylic oxidation sites excluding steroid dienone is 4. The van der Waals surface area contributed by atoms with E-state index in [0.717, 1.165) is 50.9 Å². The molecule has 0 spiro atoms. The highest BCUT2D eigenvalue weighted by Gasteiger charge is 2.35. The van der Waals surface area contributed by atoms with Crippen molar-refractivity contribution >= 4 is 11.9 Å². The highest BCUT2D eigenvalue weighted by molar-refractivity contribution is 5.70. The predicted molar refractivity (Wildman–Crippen MR) is 228 cm³/mol. The number of hydrogen-bond acceptors (Lipinski definition) is 6. The fourth-order valence-corrected chi connectivity index (χ4v) is 6.86. The van der Waals surface area contributed by atoms with Gasteiger partial charge in [0.2, 0.25) is 0 Å². The van der Waals surface area contributed by atoms with Gasteiger partial charge in [0.05, 0.1) is 18.8 Å². The van der Waals surface area contributed by atoms with Crippen LogP contribution in [0.5, 0.6) is 0 Å². The minimum atomic E-state index is -0.796. The van der Waals surface area contributed by atoms with Crippen molar-refractivity contribution in [3.63, 3.8) is 0 Å². The van der Waals surface area contributed by atoms with Gasteiger partial charge in [-0.05, 0) is 57.3 Å². The molecule has 0 aromatic carbocycles.